The lowest BCUT2D eigenvalue weighted by Crippen LogP contribution is -2.50. The minimum atomic E-state index is -6.61. The van der Waals surface area contributed by atoms with Crippen molar-refractivity contribution in [3.8, 4) is 5.75 Å². The number of carbonyl (C=O) groups is 2. The first-order valence-electron chi connectivity index (χ1n) is 9.77. The number of halogens is 5. The van der Waals surface area contributed by atoms with Gasteiger partial charge in [-0.25, -0.2) is 13.2 Å². The number of fused-ring (bicyclic) bond motifs is 4. The van der Waals surface area contributed by atoms with E-state index in [0.717, 1.165) is 0 Å². The molecular weight excluding hydrogens is 591 g/mol. The first-order chi connectivity index (χ1) is 15.2. The van der Waals surface area contributed by atoms with E-state index in [1.165, 1.54) is 0 Å². The summed E-state index contributed by atoms with van der Waals surface area (Å²) in [6.45, 7) is -1.20. The Kier molecular flexibility index (Phi) is 5.88. The maximum atomic E-state index is 13.5. The number of esters is 2. The average molecular weight is 607 g/mol. The molecule has 1 heterocycles. The molecule has 2 bridgehead atoms. The summed E-state index contributed by atoms with van der Waals surface area (Å²) in [6.07, 6.45) is -1.07. The van der Waals surface area contributed by atoms with Crippen molar-refractivity contribution in [1.29, 1.82) is 0 Å². The zero-order chi connectivity index (χ0) is 24.4. The van der Waals surface area contributed by atoms with Crippen LogP contribution in [0.5, 0.6) is 5.75 Å². The summed E-state index contributed by atoms with van der Waals surface area (Å²) in [5.41, 5.74) is 0.282. The van der Waals surface area contributed by atoms with Crippen molar-refractivity contribution in [3.05, 3.63) is 27.3 Å². The minimum Gasteiger partial charge on any atom is -0.743 e. The molecule has 2 fully saturated rings. The summed E-state index contributed by atoms with van der Waals surface area (Å²) < 4.78 is 102. The number of ether oxygens (including phenoxy) is 3. The number of rotatable bonds is 6. The predicted octanol–water partition coefficient (Wildman–Crippen LogP) is 3.29. The molecule has 3 aliphatic rings. The fourth-order valence-corrected chi connectivity index (χ4v) is 5.75. The van der Waals surface area contributed by atoms with Gasteiger partial charge in [0.1, 0.15) is 5.56 Å². The molecule has 14 heteroatoms. The van der Waals surface area contributed by atoms with Crippen molar-refractivity contribution < 1.29 is 54.3 Å². The summed E-state index contributed by atoms with van der Waals surface area (Å²) >= 11 is 2.02. The van der Waals surface area contributed by atoms with Crippen LogP contribution in [0.15, 0.2) is 18.2 Å². The molecule has 0 saturated heterocycles. The van der Waals surface area contributed by atoms with E-state index in [0.29, 0.717) is 15.7 Å². The predicted molar refractivity (Wildman–Crippen MR) is 107 cm³/mol. The Morgan fingerprint density at radius 2 is 1.94 bits per heavy atom. The van der Waals surface area contributed by atoms with E-state index < -0.39 is 58.0 Å². The summed E-state index contributed by atoms with van der Waals surface area (Å²) in [5.74, 6) is -9.04. The van der Waals surface area contributed by atoms with Gasteiger partial charge in [0.15, 0.2) is 15.9 Å². The van der Waals surface area contributed by atoms with Crippen LogP contribution in [0.25, 0.3) is 0 Å². The maximum absolute atomic E-state index is 13.5. The standard InChI is InChI=1S/C19H17F4IO8S/c20-18(21,19(22,23)33(27,28)29)4-5-30-15(25)12-7-10-6-9(12)8-17(10)31-14-11(16(26)32-17)2-1-3-13(14)24/h1-3,9-10,12H,4-8H2,(H,27,28,29)/p-1. The fourth-order valence-electron chi connectivity index (χ4n) is 4.67. The van der Waals surface area contributed by atoms with Crippen molar-refractivity contribution in [1.82, 2.24) is 0 Å². The van der Waals surface area contributed by atoms with Crippen LogP contribution in [0.4, 0.5) is 17.6 Å². The van der Waals surface area contributed by atoms with Crippen molar-refractivity contribution >= 4 is 44.6 Å². The van der Waals surface area contributed by atoms with Gasteiger partial charge in [0, 0.05) is 12.3 Å². The monoisotopic (exact) mass is 607 g/mol. The Morgan fingerprint density at radius 3 is 2.55 bits per heavy atom. The number of alkyl halides is 4. The van der Waals surface area contributed by atoms with Gasteiger partial charge in [-0.2, -0.15) is 17.6 Å². The van der Waals surface area contributed by atoms with Crippen LogP contribution < -0.4 is 4.74 Å². The van der Waals surface area contributed by atoms with Gasteiger partial charge in [0.2, 0.25) is 0 Å². The Hall–Kier alpha value is -1.68. The molecule has 0 amide bonds. The molecule has 1 spiro atoms. The van der Waals surface area contributed by atoms with E-state index in [4.69, 9.17) is 14.2 Å². The molecule has 0 N–H and O–H groups in total. The van der Waals surface area contributed by atoms with Gasteiger partial charge in [-0.05, 0) is 53.5 Å². The highest BCUT2D eigenvalue weighted by atomic mass is 127. The molecule has 4 rings (SSSR count). The highest BCUT2D eigenvalue weighted by molar-refractivity contribution is 14.1. The van der Waals surface area contributed by atoms with E-state index in [1.807, 2.05) is 22.6 Å². The van der Waals surface area contributed by atoms with Crippen LogP contribution in [-0.4, -0.2) is 48.5 Å². The summed E-state index contributed by atoms with van der Waals surface area (Å²) in [6, 6.07) is 5.01. The molecule has 2 aliphatic carbocycles. The maximum Gasteiger partial charge on any atom is 0.396 e. The van der Waals surface area contributed by atoms with Gasteiger partial charge in [-0.15, -0.1) is 0 Å². The molecule has 0 aromatic heterocycles. The van der Waals surface area contributed by atoms with E-state index in [2.05, 4.69) is 0 Å². The van der Waals surface area contributed by atoms with E-state index in [-0.39, 0.29) is 30.2 Å². The van der Waals surface area contributed by atoms with Gasteiger partial charge in [0.05, 0.1) is 22.5 Å². The van der Waals surface area contributed by atoms with Crippen LogP contribution in [0, 0.1) is 21.3 Å². The first kappa shape index (κ1) is 24.4. The Morgan fingerprint density at radius 1 is 1.24 bits per heavy atom. The second-order valence-corrected chi connectivity index (χ2v) is 10.8. The van der Waals surface area contributed by atoms with Crippen molar-refractivity contribution in [3.63, 3.8) is 0 Å². The molecule has 1 aromatic carbocycles. The zero-order valence-electron chi connectivity index (χ0n) is 16.6. The van der Waals surface area contributed by atoms with Crippen molar-refractivity contribution in [2.24, 2.45) is 17.8 Å². The zero-order valence-corrected chi connectivity index (χ0v) is 19.5. The van der Waals surface area contributed by atoms with Gasteiger partial charge in [-0.3, -0.25) is 4.79 Å². The van der Waals surface area contributed by atoms with Gasteiger partial charge in [0.25, 0.3) is 5.79 Å². The minimum absolute atomic E-state index is 0.163. The van der Waals surface area contributed by atoms with Crippen LogP contribution in [0.2, 0.25) is 0 Å². The van der Waals surface area contributed by atoms with E-state index >= 15 is 0 Å². The smallest absolute Gasteiger partial charge is 0.396 e. The van der Waals surface area contributed by atoms with Crippen molar-refractivity contribution in [2.45, 2.75) is 42.6 Å². The molecule has 8 nitrogen and oxygen atoms in total. The van der Waals surface area contributed by atoms with Crippen LogP contribution in [0.3, 0.4) is 0 Å². The van der Waals surface area contributed by atoms with Crippen LogP contribution in [0.1, 0.15) is 36.0 Å². The lowest BCUT2D eigenvalue weighted by atomic mass is 9.84. The molecule has 0 radical (unpaired) electrons. The average Bonchev–Trinajstić information content (AvgIpc) is 3.26. The quantitative estimate of drug-likeness (QED) is 0.209. The summed E-state index contributed by atoms with van der Waals surface area (Å²) in [5, 5.41) is -5.83. The number of hydrogen-bond acceptors (Lipinski definition) is 8. The first-order valence-corrected chi connectivity index (χ1v) is 12.3. The lowest BCUT2D eigenvalue weighted by Gasteiger charge is -2.41. The topological polar surface area (TPSA) is 119 Å². The third kappa shape index (κ3) is 3.96. The van der Waals surface area contributed by atoms with Gasteiger partial charge >= 0.3 is 23.1 Å². The van der Waals surface area contributed by atoms with E-state index in [1.54, 1.807) is 18.2 Å². The number of para-hydroxylation sites is 1. The Balaban J connectivity index is 1.38. The second kappa shape index (κ2) is 7.93. The SMILES string of the molecule is O=C1OC2(CC3CC2CC3C(=O)OCCC(F)(F)C(F)(F)S(=O)(=O)[O-])Oc2c(I)cccc21. The molecule has 182 valence electrons. The molecule has 33 heavy (non-hydrogen) atoms. The fraction of sp³-hybridized carbons (Fsp3) is 0.579. The highest BCUT2D eigenvalue weighted by Crippen LogP contribution is 2.58. The molecule has 4 atom stereocenters. The van der Waals surface area contributed by atoms with Crippen molar-refractivity contribution in [2.75, 3.05) is 6.61 Å². The summed E-state index contributed by atoms with van der Waals surface area (Å²) in [7, 11) is -6.61. The number of carbonyl (C=O) groups excluding carboxylic acids is 2. The largest absolute Gasteiger partial charge is 0.743 e. The van der Waals surface area contributed by atoms with Crippen LogP contribution in [-0.2, 0) is 24.4 Å². The third-order valence-electron chi connectivity index (χ3n) is 6.29. The molecular formula is C19H16F4IO8S-. The van der Waals surface area contributed by atoms with Gasteiger partial charge < -0.3 is 18.8 Å². The Labute approximate surface area is 198 Å². The Bertz CT molecular complexity index is 1110. The molecule has 2 saturated carbocycles. The summed E-state index contributed by atoms with van der Waals surface area (Å²) in [4.78, 5) is 24.9. The lowest BCUT2D eigenvalue weighted by molar-refractivity contribution is -0.194. The van der Waals surface area contributed by atoms with Crippen LogP contribution >= 0.6 is 22.6 Å². The highest BCUT2D eigenvalue weighted by Gasteiger charge is 2.64. The molecule has 1 aliphatic heterocycles. The number of benzene rings is 1. The van der Waals surface area contributed by atoms with Gasteiger partial charge in [-0.1, -0.05) is 6.07 Å². The number of hydrogen-bond donors (Lipinski definition) is 0. The third-order valence-corrected chi connectivity index (χ3v) is 8.07. The second-order valence-electron chi connectivity index (χ2n) is 8.25. The molecule has 4 unspecified atom stereocenters. The van der Waals surface area contributed by atoms with E-state index in [9.17, 15) is 40.1 Å². The molecule has 1 aromatic rings. The normalized spacial score (nSPS) is 28.9.